The summed E-state index contributed by atoms with van der Waals surface area (Å²) >= 11 is 15.8. The SMILES string of the molecule is CCNC(=O)[C@H](CC)N(Cc1ccc(Cl)cc1Cl)C(=O)CN(c1ccc(C)cc1)S(=O)(=O)c1ccc(OC)c(Br)c1. The van der Waals surface area contributed by atoms with E-state index >= 15 is 0 Å². The molecule has 3 rings (SSSR count). The van der Waals surface area contributed by atoms with Gasteiger partial charge in [-0.15, -0.1) is 0 Å². The van der Waals surface area contributed by atoms with Crippen LogP contribution in [0.15, 0.2) is 70.0 Å². The summed E-state index contributed by atoms with van der Waals surface area (Å²) in [4.78, 5) is 28.4. The number of nitrogens with zero attached hydrogens (tertiary/aromatic N) is 2. The van der Waals surface area contributed by atoms with Gasteiger partial charge in [-0.25, -0.2) is 8.42 Å². The van der Waals surface area contributed by atoms with Gasteiger partial charge >= 0.3 is 0 Å². The summed E-state index contributed by atoms with van der Waals surface area (Å²) in [6.45, 7) is 5.23. The van der Waals surface area contributed by atoms with Gasteiger partial charge < -0.3 is 15.0 Å². The minimum absolute atomic E-state index is 0.0274. The van der Waals surface area contributed by atoms with Crippen LogP contribution in [-0.4, -0.2) is 51.4 Å². The Hall–Kier alpha value is -2.79. The summed E-state index contributed by atoms with van der Waals surface area (Å²) in [6, 6.07) is 15.2. The van der Waals surface area contributed by atoms with E-state index in [1.54, 1.807) is 56.3 Å². The number of sulfonamides is 1. The Morgan fingerprint density at radius 3 is 2.27 bits per heavy atom. The monoisotopic (exact) mass is 683 g/mol. The van der Waals surface area contributed by atoms with Crippen LogP contribution in [0.5, 0.6) is 5.75 Å². The van der Waals surface area contributed by atoms with Crippen LogP contribution < -0.4 is 14.4 Å². The standard InChI is InChI=1S/C29H32BrCl2N3O5S/c1-5-26(29(37)33-6-2)34(17-20-9-10-21(31)15-25(20)32)28(36)18-35(22-11-7-19(3)8-12-22)41(38,39)23-13-14-27(40-4)24(30)16-23/h7-16,26H,5-6,17-18H2,1-4H3,(H,33,37)/t26-/m0/s1. The van der Waals surface area contributed by atoms with Crippen LogP contribution in [0, 0.1) is 6.92 Å². The van der Waals surface area contributed by atoms with Crippen molar-refractivity contribution in [2.75, 3.05) is 24.5 Å². The fourth-order valence-electron chi connectivity index (χ4n) is 4.22. The normalized spacial score (nSPS) is 12.0. The molecule has 0 aromatic heterocycles. The maximum atomic E-state index is 14.1. The molecular weight excluding hydrogens is 653 g/mol. The number of aryl methyl sites for hydroxylation is 1. The molecule has 0 unspecified atom stereocenters. The minimum atomic E-state index is -4.24. The third-order valence-corrected chi connectivity index (χ3v) is 9.38. The molecule has 1 atom stereocenters. The van der Waals surface area contributed by atoms with Crippen molar-refractivity contribution in [2.24, 2.45) is 0 Å². The van der Waals surface area contributed by atoms with Gasteiger partial charge in [0.05, 0.1) is 22.2 Å². The molecule has 0 heterocycles. The van der Waals surface area contributed by atoms with Gasteiger partial charge in [-0.1, -0.05) is 53.9 Å². The van der Waals surface area contributed by atoms with Crippen LogP contribution in [0.3, 0.4) is 0 Å². The first kappa shape index (κ1) is 32.7. The highest BCUT2D eigenvalue weighted by atomic mass is 79.9. The number of methoxy groups -OCH3 is 1. The van der Waals surface area contributed by atoms with E-state index in [9.17, 15) is 18.0 Å². The average molecular weight is 685 g/mol. The van der Waals surface area contributed by atoms with E-state index in [4.69, 9.17) is 27.9 Å². The van der Waals surface area contributed by atoms with Crippen molar-refractivity contribution < 1.29 is 22.7 Å². The maximum Gasteiger partial charge on any atom is 0.264 e. The van der Waals surface area contributed by atoms with E-state index in [0.29, 0.717) is 44.5 Å². The van der Waals surface area contributed by atoms with Crippen molar-refractivity contribution in [1.82, 2.24) is 10.2 Å². The van der Waals surface area contributed by atoms with Gasteiger partial charge in [0.15, 0.2) is 0 Å². The van der Waals surface area contributed by atoms with Gasteiger partial charge in [0, 0.05) is 23.1 Å². The number of nitrogens with one attached hydrogen (secondary N) is 1. The summed E-state index contributed by atoms with van der Waals surface area (Å²) < 4.78 is 34.8. The van der Waals surface area contributed by atoms with Crippen molar-refractivity contribution in [3.8, 4) is 5.75 Å². The number of benzene rings is 3. The van der Waals surface area contributed by atoms with E-state index < -0.39 is 28.5 Å². The number of hydrogen-bond acceptors (Lipinski definition) is 5. The van der Waals surface area contributed by atoms with Gasteiger partial charge in [0.1, 0.15) is 18.3 Å². The van der Waals surface area contributed by atoms with E-state index in [1.807, 2.05) is 6.92 Å². The number of rotatable bonds is 12. The molecule has 3 aromatic rings. The molecule has 41 heavy (non-hydrogen) atoms. The third-order valence-electron chi connectivity index (χ3n) is 6.40. The molecule has 12 heteroatoms. The molecule has 2 amide bonds. The van der Waals surface area contributed by atoms with Crippen molar-refractivity contribution >= 4 is 66.7 Å². The van der Waals surface area contributed by atoms with Crippen molar-refractivity contribution in [2.45, 2.75) is 44.7 Å². The van der Waals surface area contributed by atoms with E-state index in [2.05, 4.69) is 21.2 Å². The topological polar surface area (TPSA) is 96.0 Å². The number of carbonyl (C=O) groups excluding carboxylic acids is 2. The second kappa shape index (κ2) is 14.4. The van der Waals surface area contributed by atoms with Gasteiger partial charge in [0.25, 0.3) is 10.0 Å². The fourth-order valence-corrected chi connectivity index (χ4v) is 6.82. The van der Waals surface area contributed by atoms with Crippen LogP contribution >= 0.6 is 39.1 Å². The Bertz CT molecular complexity index is 1500. The smallest absolute Gasteiger partial charge is 0.264 e. The number of halogens is 3. The molecule has 8 nitrogen and oxygen atoms in total. The Morgan fingerprint density at radius 2 is 1.71 bits per heavy atom. The summed E-state index contributed by atoms with van der Waals surface area (Å²) in [7, 11) is -2.76. The van der Waals surface area contributed by atoms with Gasteiger partial charge in [-0.05, 0) is 84.2 Å². The van der Waals surface area contributed by atoms with Crippen LogP contribution in [0.1, 0.15) is 31.4 Å². The number of carbonyl (C=O) groups is 2. The van der Waals surface area contributed by atoms with Gasteiger partial charge in [-0.3, -0.25) is 13.9 Å². The lowest BCUT2D eigenvalue weighted by molar-refractivity contribution is -0.140. The zero-order valence-electron chi connectivity index (χ0n) is 23.2. The van der Waals surface area contributed by atoms with E-state index in [-0.39, 0.29) is 17.3 Å². The van der Waals surface area contributed by atoms with Crippen LogP contribution in [0.2, 0.25) is 10.0 Å². The Balaban J connectivity index is 2.10. The molecule has 0 saturated heterocycles. The highest BCUT2D eigenvalue weighted by molar-refractivity contribution is 9.10. The third kappa shape index (κ3) is 7.94. The van der Waals surface area contributed by atoms with Gasteiger partial charge in [-0.2, -0.15) is 0 Å². The molecule has 0 aliphatic heterocycles. The lowest BCUT2D eigenvalue weighted by Crippen LogP contribution is -2.52. The molecule has 0 spiro atoms. The Kier molecular flexibility index (Phi) is 11.5. The number of amides is 2. The van der Waals surface area contributed by atoms with Gasteiger partial charge in [0.2, 0.25) is 11.8 Å². The van der Waals surface area contributed by atoms with Crippen molar-refractivity contribution in [3.05, 3.63) is 86.3 Å². The van der Waals surface area contributed by atoms with Crippen molar-refractivity contribution in [1.29, 1.82) is 0 Å². The summed E-state index contributed by atoms with van der Waals surface area (Å²) in [5.41, 5.74) is 1.79. The molecular formula is C29H32BrCl2N3O5S. The Morgan fingerprint density at radius 1 is 1.02 bits per heavy atom. The van der Waals surface area contributed by atoms with E-state index in [0.717, 1.165) is 9.87 Å². The second-order valence-electron chi connectivity index (χ2n) is 9.22. The highest BCUT2D eigenvalue weighted by Gasteiger charge is 2.34. The molecule has 0 aliphatic carbocycles. The molecule has 220 valence electrons. The highest BCUT2D eigenvalue weighted by Crippen LogP contribution is 2.31. The summed E-state index contributed by atoms with van der Waals surface area (Å²) in [5.74, 6) is -0.469. The summed E-state index contributed by atoms with van der Waals surface area (Å²) in [5, 5.41) is 3.52. The Labute approximate surface area is 259 Å². The number of ether oxygens (including phenoxy) is 1. The quantitative estimate of drug-likeness (QED) is 0.245. The lowest BCUT2D eigenvalue weighted by atomic mass is 10.1. The number of likely N-dealkylation sites (N-methyl/N-ethyl adjacent to an activating group) is 1. The average Bonchev–Trinajstić information content (AvgIpc) is 2.93. The molecule has 0 bridgehead atoms. The molecule has 0 fully saturated rings. The number of hydrogen-bond donors (Lipinski definition) is 1. The predicted octanol–water partition coefficient (Wildman–Crippen LogP) is 6.21. The number of anilines is 1. The molecule has 3 aromatic carbocycles. The van der Waals surface area contributed by atoms with Crippen molar-refractivity contribution in [3.63, 3.8) is 0 Å². The molecule has 0 radical (unpaired) electrons. The lowest BCUT2D eigenvalue weighted by Gasteiger charge is -2.33. The first-order valence-electron chi connectivity index (χ1n) is 12.9. The molecule has 0 aliphatic rings. The maximum absolute atomic E-state index is 14.1. The second-order valence-corrected chi connectivity index (χ2v) is 12.8. The zero-order chi connectivity index (χ0) is 30.3. The van der Waals surface area contributed by atoms with Crippen LogP contribution in [-0.2, 0) is 26.2 Å². The predicted molar refractivity (Wildman–Crippen MR) is 166 cm³/mol. The largest absolute Gasteiger partial charge is 0.496 e. The first-order chi connectivity index (χ1) is 19.4. The summed E-state index contributed by atoms with van der Waals surface area (Å²) in [6.07, 6.45) is 0.297. The van der Waals surface area contributed by atoms with E-state index in [1.165, 1.54) is 30.2 Å². The minimum Gasteiger partial charge on any atom is -0.496 e. The fraction of sp³-hybridized carbons (Fsp3) is 0.310. The molecule has 1 N–H and O–H groups in total. The molecule has 0 saturated carbocycles. The first-order valence-corrected chi connectivity index (χ1v) is 15.9. The zero-order valence-corrected chi connectivity index (χ0v) is 27.1. The van der Waals surface area contributed by atoms with Crippen LogP contribution in [0.25, 0.3) is 0 Å². The van der Waals surface area contributed by atoms with Crippen LogP contribution in [0.4, 0.5) is 5.69 Å².